The number of imidazole rings is 1. The maximum atomic E-state index is 12.9. The van der Waals surface area contributed by atoms with Crippen LogP contribution in [0.25, 0.3) is 16.7 Å². The van der Waals surface area contributed by atoms with Gasteiger partial charge in [-0.1, -0.05) is 37.7 Å². The van der Waals surface area contributed by atoms with Gasteiger partial charge in [0.15, 0.2) is 5.16 Å². The lowest BCUT2D eigenvalue weighted by molar-refractivity contribution is -0.133. The second-order valence-corrected chi connectivity index (χ2v) is 9.43. The van der Waals surface area contributed by atoms with Gasteiger partial charge in [0, 0.05) is 13.1 Å². The highest BCUT2D eigenvalue weighted by atomic mass is 32.2. The number of ether oxygens (including phenoxy) is 1. The van der Waals surface area contributed by atoms with Crippen molar-refractivity contribution >= 4 is 38.8 Å². The van der Waals surface area contributed by atoms with Gasteiger partial charge in [0.2, 0.25) is 10.0 Å². The molecule has 2 aromatic carbocycles. The van der Waals surface area contributed by atoms with Crippen LogP contribution in [0.4, 0.5) is 0 Å². The van der Waals surface area contributed by atoms with Gasteiger partial charge in [0.25, 0.3) is 0 Å². The number of carbonyl (C=O) groups is 1. The zero-order chi connectivity index (χ0) is 22.6. The molecule has 3 aromatic rings. The minimum Gasteiger partial charge on any atom is -0.492 e. The number of fused-ring (bicyclic) bond motifs is 1. The molecule has 0 spiro atoms. The van der Waals surface area contributed by atoms with Crippen LogP contribution < -0.4 is 4.74 Å². The molecule has 0 atom stereocenters. The van der Waals surface area contributed by atoms with E-state index in [1.54, 1.807) is 26.0 Å². The third kappa shape index (κ3) is 4.70. The summed E-state index contributed by atoms with van der Waals surface area (Å²) in [6, 6.07) is 12.2. The van der Waals surface area contributed by atoms with Crippen molar-refractivity contribution in [2.45, 2.75) is 30.8 Å². The molecule has 0 unspecified atom stereocenters. The van der Waals surface area contributed by atoms with E-state index in [9.17, 15) is 13.2 Å². The zero-order valence-corrected chi connectivity index (χ0v) is 19.2. The molecule has 0 aliphatic rings. The smallest absolute Gasteiger partial charge is 0.313 e. The number of nitrogens with zero attached hydrogens (tertiary/aromatic N) is 3. The number of sulfonamides is 1. The van der Waals surface area contributed by atoms with Gasteiger partial charge < -0.3 is 9.84 Å². The van der Waals surface area contributed by atoms with E-state index in [0.29, 0.717) is 47.3 Å². The van der Waals surface area contributed by atoms with Crippen LogP contribution in [-0.4, -0.2) is 58.8 Å². The number of benzene rings is 2. The first-order valence-electron chi connectivity index (χ1n) is 9.92. The Kier molecular flexibility index (Phi) is 7.24. The SMILES string of the molecule is CCOc1ccccc1-n1c(SCC(=O)O)nc2cc(S(=O)(=O)N(CC)CC)ccc21. The summed E-state index contributed by atoms with van der Waals surface area (Å²) in [5.41, 5.74) is 1.84. The molecule has 31 heavy (non-hydrogen) atoms. The quantitative estimate of drug-likeness (QED) is 0.458. The molecule has 8 nitrogen and oxygen atoms in total. The molecule has 0 bridgehead atoms. The van der Waals surface area contributed by atoms with Gasteiger partial charge in [0.1, 0.15) is 5.75 Å². The van der Waals surface area contributed by atoms with Gasteiger partial charge in [-0.05, 0) is 37.3 Å². The van der Waals surface area contributed by atoms with Crippen LogP contribution in [0.1, 0.15) is 20.8 Å². The minimum absolute atomic E-state index is 0.154. The van der Waals surface area contributed by atoms with E-state index >= 15 is 0 Å². The molecule has 3 rings (SSSR count). The van der Waals surface area contributed by atoms with Crippen LogP contribution in [0.15, 0.2) is 52.5 Å². The van der Waals surface area contributed by atoms with E-state index in [2.05, 4.69) is 4.98 Å². The van der Waals surface area contributed by atoms with Crippen LogP contribution in [0.3, 0.4) is 0 Å². The minimum atomic E-state index is -3.64. The first-order valence-corrected chi connectivity index (χ1v) is 12.3. The Morgan fingerprint density at radius 1 is 1.16 bits per heavy atom. The molecule has 0 amide bonds. The summed E-state index contributed by atoms with van der Waals surface area (Å²) in [5.74, 6) is -0.516. The molecule has 1 heterocycles. The molecule has 1 aromatic heterocycles. The molecule has 0 aliphatic heterocycles. The summed E-state index contributed by atoms with van der Waals surface area (Å²) in [5, 5.41) is 9.59. The second-order valence-electron chi connectivity index (χ2n) is 6.55. The predicted molar refractivity (Wildman–Crippen MR) is 121 cm³/mol. The fourth-order valence-corrected chi connectivity index (χ4v) is 5.51. The number of carboxylic acid groups (broad SMARTS) is 1. The number of hydrogen-bond donors (Lipinski definition) is 1. The maximum absolute atomic E-state index is 12.9. The van der Waals surface area contributed by atoms with Gasteiger partial charge in [-0.15, -0.1) is 0 Å². The summed E-state index contributed by atoms with van der Waals surface area (Å²) in [7, 11) is -3.64. The Morgan fingerprint density at radius 2 is 1.87 bits per heavy atom. The molecule has 0 fully saturated rings. The highest BCUT2D eigenvalue weighted by Gasteiger charge is 2.24. The maximum Gasteiger partial charge on any atom is 0.313 e. The summed E-state index contributed by atoms with van der Waals surface area (Å²) >= 11 is 1.07. The van der Waals surface area contributed by atoms with Crippen molar-refractivity contribution < 1.29 is 23.1 Å². The van der Waals surface area contributed by atoms with Crippen LogP contribution in [-0.2, 0) is 14.8 Å². The van der Waals surface area contributed by atoms with Crippen LogP contribution in [0.2, 0.25) is 0 Å². The van der Waals surface area contributed by atoms with Crippen molar-refractivity contribution in [2.24, 2.45) is 0 Å². The first-order chi connectivity index (χ1) is 14.8. The fraction of sp³-hybridized carbons (Fsp3) is 0.333. The molecule has 0 saturated carbocycles. The van der Waals surface area contributed by atoms with Crippen LogP contribution in [0.5, 0.6) is 5.75 Å². The largest absolute Gasteiger partial charge is 0.492 e. The van der Waals surface area contributed by atoms with E-state index in [0.717, 1.165) is 11.8 Å². The van der Waals surface area contributed by atoms with Crippen LogP contribution >= 0.6 is 11.8 Å². The average Bonchev–Trinajstić information content (AvgIpc) is 3.11. The zero-order valence-electron chi connectivity index (χ0n) is 17.6. The molecule has 10 heteroatoms. The van der Waals surface area contributed by atoms with Crippen molar-refractivity contribution in [1.29, 1.82) is 0 Å². The summed E-state index contributed by atoms with van der Waals surface area (Å²) in [6.07, 6.45) is 0. The monoisotopic (exact) mass is 463 g/mol. The number of rotatable bonds is 10. The highest BCUT2D eigenvalue weighted by molar-refractivity contribution is 7.99. The van der Waals surface area contributed by atoms with Gasteiger partial charge in [-0.3, -0.25) is 9.36 Å². The molecule has 166 valence electrons. The normalized spacial score (nSPS) is 11.9. The lowest BCUT2D eigenvalue weighted by Crippen LogP contribution is -2.30. The number of hydrogen-bond acceptors (Lipinski definition) is 6. The van der Waals surface area contributed by atoms with Crippen LogP contribution in [0, 0.1) is 0 Å². The summed E-state index contributed by atoms with van der Waals surface area (Å²) in [4.78, 5) is 15.9. The number of para-hydroxylation sites is 2. The van der Waals surface area contributed by atoms with Gasteiger partial charge >= 0.3 is 5.97 Å². The van der Waals surface area contributed by atoms with Crippen molar-refractivity contribution in [2.75, 3.05) is 25.4 Å². The van der Waals surface area contributed by atoms with E-state index < -0.39 is 16.0 Å². The molecule has 0 aliphatic carbocycles. The van der Waals surface area contributed by atoms with E-state index in [1.807, 2.05) is 35.8 Å². The number of thioether (sulfide) groups is 1. The van der Waals surface area contributed by atoms with Crippen molar-refractivity contribution in [3.63, 3.8) is 0 Å². The lowest BCUT2D eigenvalue weighted by Gasteiger charge is -2.18. The van der Waals surface area contributed by atoms with Gasteiger partial charge in [-0.25, -0.2) is 13.4 Å². The number of carboxylic acids is 1. The summed E-state index contributed by atoms with van der Waals surface area (Å²) in [6.45, 7) is 6.67. The Hall–Kier alpha value is -2.56. The Bertz CT molecular complexity index is 1190. The Morgan fingerprint density at radius 3 is 2.52 bits per heavy atom. The topological polar surface area (TPSA) is 102 Å². The standard InChI is InChI=1S/C21H25N3O5S2/c1-4-23(5-2)31(27,28)15-11-12-17-16(13-15)22-21(30-14-20(25)26)24(17)18-9-7-8-10-19(18)29-6-3/h7-13H,4-6,14H2,1-3H3,(H,25,26). The Labute approximate surface area is 185 Å². The van der Waals surface area contributed by atoms with Crippen molar-refractivity contribution in [3.8, 4) is 11.4 Å². The van der Waals surface area contributed by atoms with E-state index in [-0.39, 0.29) is 10.6 Å². The third-order valence-corrected chi connectivity index (χ3v) is 7.64. The molecule has 1 N–H and O–H groups in total. The lowest BCUT2D eigenvalue weighted by atomic mass is 10.2. The fourth-order valence-electron chi connectivity index (χ4n) is 3.29. The highest BCUT2D eigenvalue weighted by Crippen LogP contribution is 2.33. The molecule has 0 saturated heterocycles. The van der Waals surface area contributed by atoms with Gasteiger partial charge in [0.05, 0.1) is 34.0 Å². The van der Waals surface area contributed by atoms with Crippen molar-refractivity contribution in [1.82, 2.24) is 13.9 Å². The number of aliphatic carboxylic acids is 1. The number of aromatic nitrogens is 2. The summed E-state index contributed by atoms with van der Waals surface area (Å²) < 4.78 is 34.8. The average molecular weight is 464 g/mol. The first kappa shape index (κ1) is 23.1. The molecular weight excluding hydrogens is 438 g/mol. The van der Waals surface area contributed by atoms with E-state index in [1.165, 1.54) is 10.4 Å². The van der Waals surface area contributed by atoms with E-state index in [4.69, 9.17) is 9.84 Å². The second kappa shape index (κ2) is 9.71. The molecule has 0 radical (unpaired) electrons. The molecular formula is C21H25N3O5S2. The Balaban J connectivity index is 2.21. The van der Waals surface area contributed by atoms with Crippen molar-refractivity contribution in [3.05, 3.63) is 42.5 Å². The third-order valence-electron chi connectivity index (χ3n) is 4.67. The van der Waals surface area contributed by atoms with Gasteiger partial charge in [-0.2, -0.15) is 4.31 Å². The predicted octanol–water partition coefficient (Wildman–Crippen LogP) is 3.63.